The van der Waals surface area contributed by atoms with E-state index in [9.17, 15) is 9.90 Å². The van der Waals surface area contributed by atoms with E-state index in [2.05, 4.69) is 39.9 Å². The summed E-state index contributed by atoms with van der Waals surface area (Å²) in [5.41, 5.74) is 3.05. The van der Waals surface area contributed by atoms with Crippen LogP contribution in [0.1, 0.15) is 80.8 Å². The van der Waals surface area contributed by atoms with Crippen molar-refractivity contribution in [3.63, 3.8) is 0 Å². The summed E-state index contributed by atoms with van der Waals surface area (Å²) in [4.78, 5) is 12.1. The van der Waals surface area contributed by atoms with Crippen molar-refractivity contribution >= 4 is 27.4 Å². The lowest BCUT2D eigenvalue weighted by Crippen LogP contribution is -2.49. The lowest BCUT2D eigenvalue weighted by molar-refractivity contribution is -0.00662. The minimum absolute atomic E-state index is 0. The van der Waals surface area contributed by atoms with E-state index in [-0.39, 0.29) is 23.2 Å². The van der Waals surface area contributed by atoms with Crippen LogP contribution < -0.4 is 4.43 Å². The fraction of sp³-hybridized carbons (Fsp3) is 0.696. The topological polar surface area (TPSA) is 46.5 Å². The zero-order chi connectivity index (χ0) is 19.6. The molecule has 5 rings (SSSR count). The first-order chi connectivity index (χ1) is 12.6. The number of hydrogen-bond acceptors (Lipinski definition) is 2. The minimum Gasteiger partial charge on any atom is -0.546 e. The van der Waals surface area contributed by atoms with Crippen molar-refractivity contribution in [2.24, 2.45) is 17.8 Å². The number of carboxylic acids is 1. The Kier molecular flexibility index (Phi) is 5.70. The average molecular weight is 423 g/mol. The van der Waals surface area contributed by atoms with Gasteiger partial charge in [-0.2, -0.15) is 0 Å². The Hall–Kier alpha value is -1.00. The monoisotopic (exact) mass is 422 g/mol. The van der Waals surface area contributed by atoms with Gasteiger partial charge >= 0.3 is 5.97 Å². The van der Waals surface area contributed by atoms with E-state index in [1.54, 1.807) is 6.07 Å². The quantitative estimate of drug-likeness (QED) is 0.611. The van der Waals surface area contributed by atoms with Gasteiger partial charge < -0.3 is 9.53 Å². The number of aromatic carboxylic acids is 1. The summed E-state index contributed by atoms with van der Waals surface area (Å²) < 4.78 is 6.42. The normalized spacial score (nSPS) is 31.0. The van der Waals surface area contributed by atoms with E-state index < -0.39 is 15.0 Å². The van der Waals surface area contributed by atoms with Crippen LogP contribution in [0.3, 0.4) is 0 Å². The van der Waals surface area contributed by atoms with Crippen LogP contribution in [-0.2, 0) is 10.8 Å². The first kappa shape index (κ1) is 21.7. The third-order valence-electron chi connectivity index (χ3n) is 7.12. The molecule has 0 unspecified atom stereocenters. The molecule has 4 fully saturated rings. The number of hydrogen-bond donors (Lipinski definition) is 1. The molecule has 0 heterocycles. The van der Waals surface area contributed by atoms with Gasteiger partial charge in [0.25, 0.3) is 0 Å². The third-order valence-corrected chi connectivity index (χ3v) is 7.83. The summed E-state index contributed by atoms with van der Waals surface area (Å²) in [7, 11) is -1.43. The Bertz CT molecular complexity index is 731. The highest BCUT2D eigenvalue weighted by Crippen LogP contribution is 2.63. The van der Waals surface area contributed by atoms with Crippen molar-refractivity contribution in [2.75, 3.05) is 0 Å². The van der Waals surface area contributed by atoms with Crippen molar-refractivity contribution in [1.29, 1.82) is 0 Å². The molecule has 0 radical (unpaired) electrons. The van der Waals surface area contributed by atoms with Crippen molar-refractivity contribution in [2.45, 2.75) is 83.2 Å². The molecule has 156 valence electrons. The standard InChI is InChI=1S/C23H34O3Si.ClH/c1-22(2,3)18-7-6-17(21(24)25)20(26-27(4)5)19(18)23-11-14-8-15(12-23)10-16(9-14)13-23;/h6-7,14-16,27H,8-13H2,1-5H3,(H,24,25);1H. The van der Waals surface area contributed by atoms with Crippen LogP contribution in [0.15, 0.2) is 12.1 Å². The lowest BCUT2D eigenvalue weighted by Gasteiger charge is -2.58. The smallest absolute Gasteiger partial charge is 0.339 e. The molecule has 1 N–H and O–H groups in total. The average Bonchev–Trinajstić information content (AvgIpc) is 2.51. The van der Waals surface area contributed by atoms with Gasteiger partial charge in [0.15, 0.2) is 0 Å². The molecule has 4 aliphatic carbocycles. The number of carboxylic acid groups (broad SMARTS) is 1. The van der Waals surface area contributed by atoms with Gasteiger partial charge in [-0.25, -0.2) is 4.79 Å². The molecule has 0 aromatic heterocycles. The fourth-order valence-electron chi connectivity index (χ4n) is 6.68. The molecule has 0 amide bonds. The summed E-state index contributed by atoms with van der Waals surface area (Å²) in [5.74, 6) is 2.33. The van der Waals surface area contributed by atoms with E-state index in [0.29, 0.717) is 5.56 Å². The van der Waals surface area contributed by atoms with Crippen molar-refractivity contribution < 1.29 is 14.3 Å². The highest BCUT2D eigenvalue weighted by atomic mass is 35.5. The highest BCUT2D eigenvalue weighted by Gasteiger charge is 2.54. The molecule has 0 aliphatic heterocycles. The van der Waals surface area contributed by atoms with Crippen molar-refractivity contribution in [3.8, 4) is 5.75 Å². The van der Waals surface area contributed by atoms with Crippen LogP contribution in [0.5, 0.6) is 5.75 Å². The molecule has 28 heavy (non-hydrogen) atoms. The first-order valence-electron chi connectivity index (χ1n) is 10.7. The van der Waals surface area contributed by atoms with Crippen molar-refractivity contribution in [1.82, 2.24) is 0 Å². The number of halogens is 1. The van der Waals surface area contributed by atoms with Crippen LogP contribution in [0, 0.1) is 17.8 Å². The summed E-state index contributed by atoms with van der Waals surface area (Å²) >= 11 is 0. The Balaban J connectivity index is 0.00000225. The zero-order valence-corrected chi connectivity index (χ0v) is 19.8. The minimum atomic E-state index is -1.43. The maximum absolute atomic E-state index is 12.1. The Morgan fingerprint density at radius 3 is 1.96 bits per heavy atom. The number of benzene rings is 1. The van der Waals surface area contributed by atoms with Crippen LogP contribution in [0.25, 0.3) is 0 Å². The van der Waals surface area contributed by atoms with Gasteiger partial charge in [0.1, 0.15) is 11.3 Å². The summed E-state index contributed by atoms with van der Waals surface area (Å²) in [6, 6.07) is 3.88. The first-order valence-corrected chi connectivity index (χ1v) is 13.4. The second-order valence-electron chi connectivity index (χ2n) is 10.8. The van der Waals surface area contributed by atoms with Gasteiger partial charge in [0.2, 0.25) is 9.04 Å². The number of rotatable bonds is 4. The van der Waals surface area contributed by atoms with Crippen LogP contribution in [0.2, 0.25) is 13.1 Å². The van der Waals surface area contributed by atoms with E-state index in [4.69, 9.17) is 4.43 Å². The largest absolute Gasteiger partial charge is 0.546 e. The van der Waals surface area contributed by atoms with Gasteiger partial charge in [-0.3, -0.25) is 0 Å². The molecular formula is C23H35ClO3Si. The molecule has 1 aromatic carbocycles. The Morgan fingerprint density at radius 2 is 1.57 bits per heavy atom. The van der Waals surface area contributed by atoms with Crippen LogP contribution in [0.4, 0.5) is 0 Å². The van der Waals surface area contributed by atoms with E-state index in [1.807, 2.05) is 0 Å². The van der Waals surface area contributed by atoms with Crippen molar-refractivity contribution in [3.05, 3.63) is 28.8 Å². The predicted octanol–water partition coefficient (Wildman–Crippen LogP) is 5.93. The highest BCUT2D eigenvalue weighted by molar-refractivity contribution is 6.49. The summed E-state index contributed by atoms with van der Waals surface area (Å²) in [6.07, 6.45) is 7.83. The number of carbonyl (C=O) groups is 1. The fourth-order valence-corrected chi connectivity index (χ4v) is 7.39. The van der Waals surface area contributed by atoms with Gasteiger partial charge in [-0.15, -0.1) is 12.4 Å². The molecule has 0 atom stereocenters. The molecule has 3 nitrogen and oxygen atoms in total. The molecular weight excluding hydrogens is 388 g/mol. The zero-order valence-electron chi connectivity index (χ0n) is 17.9. The van der Waals surface area contributed by atoms with Crippen LogP contribution in [-0.4, -0.2) is 20.1 Å². The van der Waals surface area contributed by atoms with Gasteiger partial charge in [-0.1, -0.05) is 26.8 Å². The summed E-state index contributed by atoms with van der Waals surface area (Å²) in [6.45, 7) is 11.0. The van der Waals surface area contributed by atoms with Crippen LogP contribution >= 0.6 is 12.4 Å². The summed E-state index contributed by atoms with van der Waals surface area (Å²) in [5, 5.41) is 9.91. The van der Waals surface area contributed by atoms with E-state index in [1.165, 1.54) is 49.7 Å². The second kappa shape index (κ2) is 7.35. The Labute approximate surface area is 177 Å². The maximum Gasteiger partial charge on any atom is 0.339 e. The molecule has 4 aliphatic rings. The van der Waals surface area contributed by atoms with E-state index in [0.717, 1.165) is 23.5 Å². The van der Waals surface area contributed by atoms with Gasteiger partial charge in [0.05, 0.1) is 0 Å². The van der Waals surface area contributed by atoms with Gasteiger partial charge in [-0.05, 0) is 86.4 Å². The molecule has 4 bridgehead atoms. The molecule has 1 aromatic rings. The molecule has 0 spiro atoms. The second-order valence-corrected chi connectivity index (χ2v) is 13.1. The molecule has 0 saturated heterocycles. The molecule has 5 heteroatoms. The lowest BCUT2D eigenvalue weighted by atomic mass is 9.47. The van der Waals surface area contributed by atoms with Gasteiger partial charge in [0, 0.05) is 11.0 Å². The SMILES string of the molecule is C[SiH](C)Oc1c(C(=O)O)ccc(C(C)(C)C)c1C12CC3CC(CC(C3)C1)C2.Cl. The molecule has 4 saturated carbocycles. The maximum atomic E-state index is 12.1. The predicted molar refractivity (Wildman–Crippen MR) is 119 cm³/mol. The third kappa shape index (κ3) is 3.63. The van der Waals surface area contributed by atoms with E-state index >= 15 is 0 Å². The Morgan fingerprint density at radius 1 is 1.07 bits per heavy atom.